The molecule has 86 valence electrons. The molecule has 0 aromatic carbocycles. The van der Waals surface area contributed by atoms with Gasteiger partial charge in [0.15, 0.2) is 5.82 Å². The van der Waals surface area contributed by atoms with E-state index in [0.29, 0.717) is 23.7 Å². The number of nitrogens with zero attached hydrogens (tertiary/aromatic N) is 2. The van der Waals surface area contributed by atoms with Crippen molar-refractivity contribution in [3.63, 3.8) is 0 Å². The molecule has 0 amide bonds. The first-order chi connectivity index (χ1) is 7.72. The smallest absolute Gasteiger partial charge is 0.224 e. The van der Waals surface area contributed by atoms with Gasteiger partial charge in [0.25, 0.3) is 0 Å². The second-order valence-electron chi connectivity index (χ2n) is 4.30. The molecular weight excluding hydrogens is 228 g/mol. The van der Waals surface area contributed by atoms with Gasteiger partial charge in [-0.15, -0.1) is 0 Å². The van der Waals surface area contributed by atoms with E-state index < -0.39 is 0 Å². The van der Waals surface area contributed by atoms with Crippen molar-refractivity contribution in [1.82, 2.24) is 9.97 Å². The van der Waals surface area contributed by atoms with Gasteiger partial charge in [0, 0.05) is 0 Å². The Morgan fingerprint density at radius 1 is 1.50 bits per heavy atom. The molecule has 2 fully saturated rings. The van der Waals surface area contributed by atoms with Crippen molar-refractivity contribution in [2.45, 2.75) is 37.5 Å². The summed E-state index contributed by atoms with van der Waals surface area (Å²) in [7, 11) is 0. The monoisotopic (exact) mass is 240 g/mol. The van der Waals surface area contributed by atoms with Gasteiger partial charge >= 0.3 is 0 Å². The predicted molar refractivity (Wildman–Crippen MR) is 61.4 cm³/mol. The standard InChI is InChI=1S/C10H13ClN4O/c11-10-13-4-6(12)9(15-10)14-7-3-5-1-2-8(7)16-5/h4-5,7-8H,1-3,12H2,(H,13,14,15). The fourth-order valence-electron chi connectivity index (χ4n) is 2.45. The largest absolute Gasteiger partial charge is 0.394 e. The van der Waals surface area contributed by atoms with Gasteiger partial charge in [0.2, 0.25) is 5.28 Å². The van der Waals surface area contributed by atoms with E-state index in [0.717, 1.165) is 12.8 Å². The molecule has 2 aliphatic heterocycles. The Balaban J connectivity index is 1.76. The number of halogens is 1. The molecule has 6 heteroatoms. The molecule has 2 aliphatic rings. The van der Waals surface area contributed by atoms with E-state index in [2.05, 4.69) is 15.3 Å². The van der Waals surface area contributed by atoms with E-state index in [-0.39, 0.29) is 11.4 Å². The molecule has 0 aliphatic carbocycles. The third-order valence-corrected chi connectivity index (χ3v) is 3.40. The van der Waals surface area contributed by atoms with Crippen LogP contribution in [0.1, 0.15) is 19.3 Å². The summed E-state index contributed by atoms with van der Waals surface area (Å²) in [6, 6.07) is 0.298. The molecule has 3 atom stereocenters. The van der Waals surface area contributed by atoms with Gasteiger partial charge in [-0.1, -0.05) is 0 Å². The number of ether oxygens (including phenoxy) is 1. The van der Waals surface area contributed by atoms with E-state index in [1.165, 1.54) is 12.6 Å². The maximum atomic E-state index is 5.78. The number of fused-ring (bicyclic) bond motifs is 2. The third kappa shape index (κ3) is 1.70. The minimum absolute atomic E-state index is 0.209. The molecule has 3 unspecified atom stereocenters. The molecule has 0 radical (unpaired) electrons. The summed E-state index contributed by atoms with van der Waals surface area (Å²) < 4.78 is 5.75. The fraction of sp³-hybridized carbons (Fsp3) is 0.600. The van der Waals surface area contributed by atoms with Crippen molar-refractivity contribution < 1.29 is 4.74 Å². The number of hydrogen-bond donors (Lipinski definition) is 2. The minimum Gasteiger partial charge on any atom is -0.394 e. The van der Waals surface area contributed by atoms with Crippen LogP contribution in [0.15, 0.2) is 6.20 Å². The van der Waals surface area contributed by atoms with Crippen molar-refractivity contribution in [2.75, 3.05) is 11.1 Å². The number of nitrogen functional groups attached to an aromatic ring is 1. The first-order valence-corrected chi connectivity index (χ1v) is 5.80. The summed E-state index contributed by atoms with van der Waals surface area (Å²) in [5.74, 6) is 0.612. The Bertz CT molecular complexity index is 414. The zero-order valence-corrected chi connectivity index (χ0v) is 9.44. The molecule has 0 saturated carbocycles. The van der Waals surface area contributed by atoms with Gasteiger partial charge in [-0.25, -0.2) is 4.98 Å². The molecule has 3 rings (SSSR count). The number of nitrogens with one attached hydrogen (secondary N) is 1. The number of aromatic nitrogens is 2. The summed E-state index contributed by atoms with van der Waals surface area (Å²) in [6.07, 6.45) is 5.51. The highest BCUT2D eigenvalue weighted by Gasteiger charge is 2.41. The fourth-order valence-corrected chi connectivity index (χ4v) is 2.58. The maximum Gasteiger partial charge on any atom is 0.224 e. The summed E-state index contributed by atoms with van der Waals surface area (Å²) in [5, 5.41) is 3.50. The van der Waals surface area contributed by atoms with Gasteiger partial charge in [-0.2, -0.15) is 4.98 Å². The molecule has 3 N–H and O–H groups in total. The van der Waals surface area contributed by atoms with Crippen LogP contribution in [-0.2, 0) is 4.74 Å². The molecule has 3 heterocycles. The average Bonchev–Trinajstić information content (AvgIpc) is 2.85. The molecule has 2 bridgehead atoms. The molecule has 2 saturated heterocycles. The zero-order chi connectivity index (χ0) is 11.1. The lowest BCUT2D eigenvalue weighted by Crippen LogP contribution is -2.31. The van der Waals surface area contributed by atoms with E-state index in [1.807, 2.05) is 0 Å². The van der Waals surface area contributed by atoms with Crippen LogP contribution in [0.4, 0.5) is 11.5 Å². The number of nitrogens with two attached hydrogens (primary N) is 1. The highest BCUT2D eigenvalue weighted by Crippen LogP contribution is 2.36. The van der Waals surface area contributed by atoms with E-state index in [9.17, 15) is 0 Å². The molecule has 1 aromatic heterocycles. The minimum atomic E-state index is 0.209. The predicted octanol–water partition coefficient (Wildman–Crippen LogP) is 1.44. The van der Waals surface area contributed by atoms with Gasteiger partial charge in [0.05, 0.1) is 30.1 Å². The second kappa shape index (κ2) is 3.75. The van der Waals surface area contributed by atoms with Crippen molar-refractivity contribution in [3.8, 4) is 0 Å². The summed E-state index contributed by atoms with van der Waals surface area (Å²) in [5.41, 5.74) is 6.30. The zero-order valence-electron chi connectivity index (χ0n) is 8.69. The highest BCUT2D eigenvalue weighted by atomic mass is 35.5. The summed E-state index contributed by atoms with van der Waals surface area (Å²) in [4.78, 5) is 7.90. The van der Waals surface area contributed by atoms with Crippen molar-refractivity contribution in [2.24, 2.45) is 0 Å². The molecule has 1 aromatic rings. The molecule has 16 heavy (non-hydrogen) atoms. The highest BCUT2D eigenvalue weighted by molar-refractivity contribution is 6.28. The van der Waals surface area contributed by atoms with E-state index in [1.54, 1.807) is 0 Å². The Morgan fingerprint density at radius 3 is 3.06 bits per heavy atom. The van der Waals surface area contributed by atoms with Crippen molar-refractivity contribution >= 4 is 23.1 Å². The van der Waals surface area contributed by atoms with Gasteiger partial charge < -0.3 is 15.8 Å². The normalized spacial score (nSPS) is 31.9. The lowest BCUT2D eigenvalue weighted by molar-refractivity contribution is 0.102. The molecule has 5 nitrogen and oxygen atoms in total. The van der Waals surface area contributed by atoms with Crippen LogP contribution in [-0.4, -0.2) is 28.2 Å². The van der Waals surface area contributed by atoms with Gasteiger partial charge in [-0.05, 0) is 30.9 Å². The Kier molecular flexibility index (Phi) is 2.37. The second-order valence-corrected chi connectivity index (χ2v) is 4.64. The number of rotatable bonds is 2. The van der Waals surface area contributed by atoms with E-state index in [4.69, 9.17) is 22.1 Å². The van der Waals surface area contributed by atoms with Crippen LogP contribution >= 0.6 is 11.6 Å². The van der Waals surface area contributed by atoms with Crippen LogP contribution in [0.2, 0.25) is 5.28 Å². The Morgan fingerprint density at radius 2 is 2.38 bits per heavy atom. The van der Waals surface area contributed by atoms with Crippen molar-refractivity contribution in [3.05, 3.63) is 11.5 Å². The van der Waals surface area contributed by atoms with Crippen LogP contribution < -0.4 is 11.1 Å². The van der Waals surface area contributed by atoms with Crippen LogP contribution in [0.3, 0.4) is 0 Å². The van der Waals surface area contributed by atoms with Crippen molar-refractivity contribution in [1.29, 1.82) is 0 Å². The number of anilines is 2. The summed E-state index contributed by atoms with van der Waals surface area (Å²) >= 11 is 5.73. The first-order valence-electron chi connectivity index (χ1n) is 5.42. The lowest BCUT2D eigenvalue weighted by atomic mass is 9.95. The third-order valence-electron chi connectivity index (χ3n) is 3.22. The topological polar surface area (TPSA) is 73.1 Å². The Hall–Kier alpha value is -1.07. The first kappa shape index (κ1) is 10.1. The van der Waals surface area contributed by atoms with Gasteiger partial charge in [0.1, 0.15) is 0 Å². The molecular formula is C10H13ClN4O. The Labute approximate surface area is 98.4 Å². The average molecular weight is 241 g/mol. The molecule has 0 spiro atoms. The van der Waals surface area contributed by atoms with Crippen LogP contribution in [0.5, 0.6) is 0 Å². The maximum absolute atomic E-state index is 5.78. The quantitative estimate of drug-likeness (QED) is 0.766. The lowest BCUT2D eigenvalue weighted by Gasteiger charge is -2.21. The number of hydrogen-bond acceptors (Lipinski definition) is 5. The van der Waals surface area contributed by atoms with Gasteiger partial charge in [-0.3, -0.25) is 0 Å². The SMILES string of the molecule is Nc1cnc(Cl)nc1NC1CC2CCC1O2. The van der Waals surface area contributed by atoms with E-state index >= 15 is 0 Å². The summed E-state index contributed by atoms with van der Waals surface area (Å²) in [6.45, 7) is 0. The van der Waals surface area contributed by atoms with Crippen LogP contribution in [0.25, 0.3) is 0 Å². The van der Waals surface area contributed by atoms with Crippen LogP contribution in [0, 0.1) is 0 Å².